The van der Waals surface area contributed by atoms with Crippen molar-refractivity contribution in [1.29, 1.82) is 0 Å². The molecule has 0 spiro atoms. The minimum absolute atomic E-state index is 0.0205. The van der Waals surface area contributed by atoms with Gasteiger partial charge < -0.3 is 18.7 Å². The molecule has 0 bridgehead atoms. The van der Waals surface area contributed by atoms with Gasteiger partial charge in [-0.25, -0.2) is 0 Å². The van der Waals surface area contributed by atoms with E-state index in [-0.39, 0.29) is 18.4 Å². The number of aromatic nitrogens is 2. The number of hydrogen-bond donors (Lipinski definition) is 1. The second-order valence-corrected chi connectivity index (χ2v) is 5.79. The van der Waals surface area contributed by atoms with Crippen LogP contribution in [0.15, 0.2) is 50.1 Å². The summed E-state index contributed by atoms with van der Waals surface area (Å²) >= 11 is 0. The summed E-state index contributed by atoms with van der Waals surface area (Å²) in [5.41, 5.74) is 0. The zero-order valence-electron chi connectivity index (χ0n) is 14.1. The van der Waals surface area contributed by atoms with Gasteiger partial charge in [0.1, 0.15) is 5.76 Å². The molecule has 0 radical (unpaired) electrons. The summed E-state index contributed by atoms with van der Waals surface area (Å²) in [4.78, 5) is 18.3. The molecule has 0 aromatic carbocycles. The van der Waals surface area contributed by atoms with Crippen LogP contribution in [-0.4, -0.2) is 41.6 Å². The van der Waals surface area contributed by atoms with Crippen molar-refractivity contribution in [2.24, 2.45) is 0 Å². The molecule has 3 heterocycles. The van der Waals surface area contributed by atoms with Crippen molar-refractivity contribution < 1.29 is 18.2 Å². The number of furan rings is 2. The van der Waals surface area contributed by atoms with Crippen molar-refractivity contribution in [2.75, 3.05) is 20.6 Å². The zero-order chi connectivity index (χ0) is 17.6. The number of hydrogen-bond acceptors (Lipinski definition) is 7. The van der Waals surface area contributed by atoms with Crippen LogP contribution in [0.1, 0.15) is 24.1 Å². The van der Waals surface area contributed by atoms with Gasteiger partial charge in [-0.2, -0.15) is 4.98 Å². The fourth-order valence-electron chi connectivity index (χ4n) is 2.40. The smallest absolute Gasteiger partial charge is 0.238 e. The number of aryl methyl sites for hydroxylation is 1. The summed E-state index contributed by atoms with van der Waals surface area (Å²) in [6.07, 6.45) is 3.80. The quantitative estimate of drug-likeness (QED) is 0.669. The van der Waals surface area contributed by atoms with Crippen LogP contribution in [0.25, 0.3) is 11.6 Å². The average Bonchev–Trinajstić information content (AvgIpc) is 3.33. The third kappa shape index (κ3) is 4.36. The maximum absolute atomic E-state index is 12.1. The normalized spacial score (nSPS) is 12.4. The highest BCUT2D eigenvalue weighted by molar-refractivity contribution is 5.76. The van der Waals surface area contributed by atoms with Crippen LogP contribution in [0, 0.1) is 0 Å². The second kappa shape index (κ2) is 7.80. The van der Waals surface area contributed by atoms with Crippen LogP contribution in [0.4, 0.5) is 0 Å². The van der Waals surface area contributed by atoms with Crippen molar-refractivity contribution in [3.05, 3.63) is 48.4 Å². The van der Waals surface area contributed by atoms with E-state index in [4.69, 9.17) is 13.4 Å². The number of rotatable bonds is 8. The summed E-state index contributed by atoms with van der Waals surface area (Å²) in [5.74, 6) is 2.04. The summed E-state index contributed by atoms with van der Waals surface area (Å²) in [5, 5.41) is 6.75. The molecule has 132 valence electrons. The average molecular weight is 344 g/mol. The van der Waals surface area contributed by atoms with Crippen molar-refractivity contribution in [3.63, 3.8) is 0 Å². The molecule has 0 aliphatic heterocycles. The van der Waals surface area contributed by atoms with Crippen molar-refractivity contribution in [3.8, 4) is 11.6 Å². The Morgan fingerprint density at radius 3 is 2.72 bits per heavy atom. The molecule has 0 aliphatic carbocycles. The lowest BCUT2D eigenvalue weighted by molar-refractivity contribution is -0.121. The third-order valence-electron chi connectivity index (χ3n) is 3.76. The van der Waals surface area contributed by atoms with Crippen molar-refractivity contribution in [2.45, 2.75) is 18.9 Å². The van der Waals surface area contributed by atoms with Gasteiger partial charge in [-0.15, -0.1) is 0 Å². The fourth-order valence-corrected chi connectivity index (χ4v) is 2.40. The Hall–Kier alpha value is -2.87. The van der Waals surface area contributed by atoms with Gasteiger partial charge in [0.2, 0.25) is 17.6 Å². The first-order valence-electron chi connectivity index (χ1n) is 7.96. The minimum atomic E-state index is -0.0869. The number of carbonyl (C=O) groups is 1. The number of amides is 1. The Labute approximate surface area is 144 Å². The van der Waals surface area contributed by atoms with Gasteiger partial charge in [0.15, 0.2) is 5.76 Å². The first kappa shape index (κ1) is 17.0. The highest BCUT2D eigenvalue weighted by atomic mass is 16.5. The predicted molar refractivity (Wildman–Crippen MR) is 88.5 cm³/mol. The standard InChI is InChI=1S/C17H20N4O4/c1-21(2)12(13-5-3-9-23-13)11-18-15(22)7-8-16-19-17(20-25-16)14-6-4-10-24-14/h3-6,9-10,12H,7-8,11H2,1-2H3,(H,18,22). The molecule has 3 aromatic rings. The molecule has 0 saturated heterocycles. The van der Waals surface area contributed by atoms with E-state index in [1.165, 1.54) is 0 Å². The number of likely N-dealkylation sites (N-methyl/N-ethyl adjacent to an activating group) is 1. The molecule has 25 heavy (non-hydrogen) atoms. The molecule has 0 fully saturated rings. The van der Waals surface area contributed by atoms with Gasteiger partial charge >= 0.3 is 0 Å². The lowest BCUT2D eigenvalue weighted by atomic mass is 10.2. The molecule has 1 N–H and O–H groups in total. The van der Waals surface area contributed by atoms with Gasteiger partial charge in [-0.1, -0.05) is 5.16 Å². The Bertz CT molecular complexity index is 778. The minimum Gasteiger partial charge on any atom is -0.468 e. The van der Waals surface area contributed by atoms with Gasteiger partial charge in [0, 0.05) is 19.4 Å². The van der Waals surface area contributed by atoms with Crippen molar-refractivity contribution >= 4 is 5.91 Å². The van der Waals surface area contributed by atoms with Crippen LogP contribution in [0.5, 0.6) is 0 Å². The second-order valence-electron chi connectivity index (χ2n) is 5.79. The maximum Gasteiger partial charge on any atom is 0.238 e. The van der Waals surface area contributed by atoms with Crippen molar-refractivity contribution in [1.82, 2.24) is 20.4 Å². The van der Waals surface area contributed by atoms with E-state index < -0.39 is 0 Å². The molecule has 0 aliphatic rings. The zero-order valence-corrected chi connectivity index (χ0v) is 14.1. The summed E-state index contributed by atoms with van der Waals surface area (Å²) in [6.45, 7) is 0.459. The Balaban J connectivity index is 1.48. The van der Waals surface area contributed by atoms with E-state index in [2.05, 4.69) is 15.5 Å². The van der Waals surface area contributed by atoms with E-state index >= 15 is 0 Å². The topological polar surface area (TPSA) is 97.5 Å². The summed E-state index contributed by atoms with van der Waals surface area (Å²) in [7, 11) is 3.88. The lowest BCUT2D eigenvalue weighted by Crippen LogP contribution is -2.34. The first-order valence-corrected chi connectivity index (χ1v) is 7.96. The monoisotopic (exact) mass is 344 g/mol. The molecule has 0 saturated carbocycles. The number of nitrogens with zero attached hydrogens (tertiary/aromatic N) is 3. The van der Waals surface area contributed by atoms with E-state index in [0.29, 0.717) is 30.4 Å². The largest absolute Gasteiger partial charge is 0.468 e. The molecule has 3 aromatic heterocycles. The Morgan fingerprint density at radius 2 is 2.04 bits per heavy atom. The molecule has 8 heteroatoms. The fraction of sp³-hybridized carbons (Fsp3) is 0.353. The van der Waals surface area contributed by atoms with E-state index in [9.17, 15) is 4.79 Å². The molecule has 8 nitrogen and oxygen atoms in total. The first-order chi connectivity index (χ1) is 12.1. The molecule has 1 unspecified atom stereocenters. The Kier molecular flexibility index (Phi) is 5.30. The van der Waals surface area contributed by atoms with E-state index in [1.54, 1.807) is 24.7 Å². The highest BCUT2D eigenvalue weighted by Gasteiger charge is 2.18. The van der Waals surface area contributed by atoms with Gasteiger partial charge in [-0.3, -0.25) is 9.69 Å². The summed E-state index contributed by atoms with van der Waals surface area (Å²) in [6, 6.07) is 7.20. The number of nitrogens with one attached hydrogen (secondary N) is 1. The highest BCUT2D eigenvalue weighted by Crippen LogP contribution is 2.18. The van der Waals surface area contributed by atoms with Gasteiger partial charge in [0.05, 0.1) is 18.6 Å². The van der Waals surface area contributed by atoms with Crippen LogP contribution in [0.3, 0.4) is 0 Å². The van der Waals surface area contributed by atoms with E-state index in [0.717, 1.165) is 5.76 Å². The predicted octanol–water partition coefficient (Wildman–Crippen LogP) is 2.27. The maximum atomic E-state index is 12.1. The number of carbonyl (C=O) groups excluding carboxylic acids is 1. The van der Waals surface area contributed by atoms with Crippen LogP contribution in [0.2, 0.25) is 0 Å². The van der Waals surface area contributed by atoms with Crippen LogP contribution >= 0.6 is 0 Å². The molecule has 3 rings (SSSR count). The SMILES string of the molecule is CN(C)C(CNC(=O)CCc1nc(-c2ccco2)no1)c1ccco1. The molecule has 1 atom stereocenters. The lowest BCUT2D eigenvalue weighted by Gasteiger charge is -2.22. The van der Waals surface area contributed by atoms with Crippen LogP contribution in [-0.2, 0) is 11.2 Å². The van der Waals surface area contributed by atoms with E-state index in [1.807, 2.05) is 31.1 Å². The molecular formula is C17H20N4O4. The van der Waals surface area contributed by atoms with Gasteiger partial charge in [-0.05, 0) is 38.4 Å². The summed E-state index contributed by atoms with van der Waals surface area (Å²) < 4.78 is 15.8. The van der Waals surface area contributed by atoms with Gasteiger partial charge in [0.25, 0.3) is 0 Å². The molecule has 1 amide bonds. The van der Waals surface area contributed by atoms with Crippen LogP contribution < -0.4 is 5.32 Å². The third-order valence-corrected chi connectivity index (χ3v) is 3.76. The Morgan fingerprint density at radius 1 is 1.24 bits per heavy atom. The molecular weight excluding hydrogens is 324 g/mol.